The van der Waals surface area contributed by atoms with Crippen LogP contribution in [0.2, 0.25) is 0 Å². The summed E-state index contributed by atoms with van der Waals surface area (Å²) in [5.41, 5.74) is 2.86. The Morgan fingerprint density at radius 1 is 1.17 bits per heavy atom. The molecule has 0 heteroatoms. The summed E-state index contributed by atoms with van der Waals surface area (Å²) in [7, 11) is 0. The van der Waals surface area contributed by atoms with Crippen LogP contribution < -0.4 is 0 Å². The molecule has 0 nitrogen and oxygen atoms in total. The maximum Gasteiger partial charge on any atom is 0.00455 e. The lowest BCUT2D eigenvalue weighted by Crippen LogP contribution is -1.92. The van der Waals surface area contributed by atoms with Crippen molar-refractivity contribution in [2.24, 2.45) is 0 Å². The zero-order valence-electron chi connectivity index (χ0n) is 7.29. The molecule has 0 aromatic heterocycles. The van der Waals surface area contributed by atoms with E-state index in [-0.39, 0.29) is 0 Å². The maximum absolute atomic E-state index is 4.11. The lowest BCUT2D eigenvalue weighted by molar-refractivity contribution is 0.793. The Bertz CT molecular complexity index is 271. The Balaban J connectivity index is 2.25. The first-order valence-electron chi connectivity index (χ1n) is 4.60. The third kappa shape index (κ3) is 1.29. The smallest absolute Gasteiger partial charge is 0.00455 e. The number of rotatable bonds is 1. The van der Waals surface area contributed by atoms with Gasteiger partial charge in [-0.15, -0.1) is 0 Å². The van der Waals surface area contributed by atoms with Crippen LogP contribution in [0.5, 0.6) is 0 Å². The molecule has 1 aromatic carbocycles. The first kappa shape index (κ1) is 7.60. The van der Waals surface area contributed by atoms with Gasteiger partial charge in [-0.2, -0.15) is 0 Å². The van der Waals surface area contributed by atoms with Gasteiger partial charge in [0.2, 0.25) is 0 Å². The normalized spacial score (nSPS) is 23.0. The lowest BCUT2D eigenvalue weighted by Gasteiger charge is -2.10. The summed E-state index contributed by atoms with van der Waals surface area (Å²) in [6.07, 6.45) is 3.83. The van der Waals surface area contributed by atoms with Crippen molar-refractivity contribution in [2.75, 3.05) is 0 Å². The van der Waals surface area contributed by atoms with Crippen molar-refractivity contribution in [1.82, 2.24) is 0 Å². The molecule has 0 spiro atoms. The fraction of sp³-hybridized carbons (Fsp3) is 0.333. The lowest BCUT2D eigenvalue weighted by atomic mass is 9.95. The van der Waals surface area contributed by atoms with E-state index < -0.39 is 0 Å². The number of hydrogen-bond acceptors (Lipinski definition) is 0. The van der Waals surface area contributed by atoms with E-state index in [2.05, 4.69) is 36.9 Å². The predicted octanol–water partition coefficient (Wildman–Crippen LogP) is 3.51. The maximum atomic E-state index is 4.11. The van der Waals surface area contributed by atoms with Gasteiger partial charge in [-0.05, 0) is 24.8 Å². The quantitative estimate of drug-likeness (QED) is 0.549. The Morgan fingerprint density at radius 3 is 2.50 bits per heavy atom. The monoisotopic (exact) mass is 158 g/mol. The molecular formula is C12H14. The molecule has 0 amide bonds. The minimum absolute atomic E-state index is 0.645. The van der Waals surface area contributed by atoms with E-state index in [0.29, 0.717) is 5.92 Å². The largest absolute Gasteiger partial charge is 0.0992 e. The summed E-state index contributed by atoms with van der Waals surface area (Å²) >= 11 is 0. The van der Waals surface area contributed by atoms with Crippen LogP contribution in [0.15, 0.2) is 42.5 Å². The van der Waals surface area contributed by atoms with Crippen LogP contribution in [-0.2, 0) is 0 Å². The van der Waals surface area contributed by atoms with E-state index in [0.717, 1.165) is 0 Å². The highest BCUT2D eigenvalue weighted by molar-refractivity contribution is 5.29. The van der Waals surface area contributed by atoms with Gasteiger partial charge in [0.05, 0.1) is 0 Å². The summed E-state index contributed by atoms with van der Waals surface area (Å²) in [4.78, 5) is 0. The second kappa shape index (κ2) is 3.14. The van der Waals surface area contributed by atoms with Crippen molar-refractivity contribution in [3.8, 4) is 0 Å². The van der Waals surface area contributed by atoms with Gasteiger partial charge >= 0.3 is 0 Å². The summed E-state index contributed by atoms with van der Waals surface area (Å²) in [5, 5.41) is 0. The zero-order chi connectivity index (χ0) is 8.39. The first-order chi connectivity index (χ1) is 5.88. The number of hydrogen-bond donors (Lipinski definition) is 0. The Morgan fingerprint density at radius 2 is 1.92 bits per heavy atom. The molecule has 0 aliphatic heterocycles. The molecule has 0 saturated heterocycles. The van der Waals surface area contributed by atoms with Crippen molar-refractivity contribution >= 4 is 0 Å². The summed E-state index contributed by atoms with van der Waals surface area (Å²) < 4.78 is 0. The highest BCUT2D eigenvalue weighted by atomic mass is 14.2. The zero-order valence-corrected chi connectivity index (χ0v) is 7.29. The summed E-state index contributed by atoms with van der Waals surface area (Å²) in [6, 6.07) is 10.7. The topological polar surface area (TPSA) is 0 Å². The average Bonchev–Trinajstić information content (AvgIpc) is 2.53. The molecule has 1 atom stereocenters. The third-order valence-corrected chi connectivity index (χ3v) is 2.69. The van der Waals surface area contributed by atoms with Gasteiger partial charge in [-0.1, -0.05) is 42.5 Å². The highest BCUT2D eigenvalue weighted by Crippen LogP contribution is 2.37. The molecule has 1 saturated carbocycles. The van der Waals surface area contributed by atoms with Crippen LogP contribution >= 0.6 is 0 Å². The Labute approximate surface area is 73.9 Å². The van der Waals surface area contributed by atoms with Crippen molar-refractivity contribution in [3.63, 3.8) is 0 Å². The summed E-state index contributed by atoms with van der Waals surface area (Å²) in [5.74, 6) is 0.645. The minimum Gasteiger partial charge on any atom is -0.0992 e. The molecule has 1 aliphatic carbocycles. The van der Waals surface area contributed by atoms with Gasteiger partial charge in [0.15, 0.2) is 0 Å². The molecule has 1 aromatic rings. The fourth-order valence-corrected chi connectivity index (χ4v) is 2.00. The molecule has 0 N–H and O–H groups in total. The predicted molar refractivity (Wildman–Crippen MR) is 52.2 cm³/mol. The fourth-order valence-electron chi connectivity index (χ4n) is 2.00. The van der Waals surface area contributed by atoms with Gasteiger partial charge in [0.1, 0.15) is 0 Å². The van der Waals surface area contributed by atoms with E-state index >= 15 is 0 Å². The van der Waals surface area contributed by atoms with E-state index in [1.165, 1.54) is 30.4 Å². The minimum atomic E-state index is 0.645. The van der Waals surface area contributed by atoms with Crippen molar-refractivity contribution in [3.05, 3.63) is 48.0 Å². The van der Waals surface area contributed by atoms with Gasteiger partial charge in [0, 0.05) is 5.92 Å². The molecule has 0 bridgehead atoms. The number of benzene rings is 1. The van der Waals surface area contributed by atoms with Crippen LogP contribution in [0.1, 0.15) is 30.7 Å². The van der Waals surface area contributed by atoms with E-state index in [4.69, 9.17) is 0 Å². The molecule has 0 heterocycles. The van der Waals surface area contributed by atoms with Crippen LogP contribution in [-0.4, -0.2) is 0 Å². The van der Waals surface area contributed by atoms with E-state index in [1.54, 1.807) is 0 Å². The molecule has 12 heavy (non-hydrogen) atoms. The number of allylic oxidation sites excluding steroid dienone is 1. The highest BCUT2D eigenvalue weighted by Gasteiger charge is 2.19. The molecule has 1 aliphatic rings. The molecule has 1 fully saturated rings. The van der Waals surface area contributed by atoms with Crippen molar-refractivity contribution < 1.29 is 0 Å². The van der Waals surface area contributed by atoms with Crippen LogP contribution in [0.4, 0.5) is 0 Å². The molecule has 0 unspecified atom stereocenters. The van der Waals surface area contributed by atoms with Gasteiger partial charge in [-0.25, -0.2) is 0 Å². The van der Waals surface area contributed by atoms with Gasteiger partial charge < -0.3 is 0 Å². The van der Waals surface area contributed by atoms with Crippen molar-refractivity contribution in [2.45, 2.75) is 25.2 Å². The van der Waals surface area contributed by atoms with E-state index in [9.17, 15) is 0 Å². The molecular weight excluding hydrogens is 144 g/mol. The standard InChI is InChI=1S/C12H14/c1-10-6-5-9-12(10)11-7-3-2-4-8-11/h2-4,7-8,12H,1,5-6,9H2/t12-/m0/s1. The van der Waals surface area contributed by atoms with Crippen LogP contribution in [0.3, 0.4) is 0 Å². The van der Waals surface area contributed by atoms with Crippen LogP contribution in [0, 0.1) is 0 Å². The van der Waals surface area contributed by atoms with Gasteiger partial charge in [0.25, 0.3) is 0 Å². The van der Waals surface area contributed by atoms with Crippen molar-refractivity contribution in [1.29, 1.82) is 0 Å². The van der Waals surface area contributed by atoms with Crippen LogP contribution in [0.25, 0.3) is 0 Å². The first-order valence-corrected chi connectivity index (χ1v) is 4.60. The van der Waals surface area contributed by atoms with Gasteiger partial charge in [-0.3, -0.25) is 0 Å². The second-order valence-electron chi connectivity index (χ2n) is 3.51. The average molecular weight is 158 g/mol. The SMILES string of the molecule is C=C1CCC[C@@H]1c1ccccc1. The summed E-state index contributed by atoms with van der Waals surface area (Å²) in [6.45, 7) is 4.11. The Kier molecular flexibility index (Phi) is 1.99. The third-order valence-electron chi connectivity index (χ3n) is 2.69. The molecule has 2 rings (SSSR count). The Hall–Kier alpha value is -1.04. The van der Waals surface area contributed by atoms with E-state index in [1.807, 2.05) is 0 Å². The molecule has 0 radical (unpaired) electrons. The second-order valence-corrected chi connectivity index (χ2v) is 3.51. The molecule has 62 valence electrons.